The molecule has 2 rings (SSSR count). The van der Waals surface area contributed by atoms with Gasteiger partial charge in [-0.25, -0.2) is 9.97 Å². The second-order valence-corrected chi connectivity index (χ2v) is 3.82. The van der Waals surface area contributed by atoms with Gasteiger partial charge in [-0.15, -0.1) is 13.2 Å². The van der Waals surface area contributed by atoms with Gasteiger partial charge in [-0.05, 0) is 37.3 Å². The van der Waals surface area contributed by atoms with E-state index in [9.17, 15) is 13.2 Å². The van der Waals surface area contributed by atoms with E-state index in [0.717, 1.165) is 0 Å². The fraction of sp³-hybridized carbons (Fsp3) is 0.167. The minimum atomic E-state index is -4.70. The van der Waals surface area contributed by atoms with E-state index in [-0.39, 0.29) is 11.7 Å². The molecule has 0 unspecified atom stereocenters. The molecular weight excluding hydrogens is 259 g/mol. The fourth-order valence-corrected chi connectivity index (χ4v) is 1.57. The van der Waals surface area contributed by atoms with Crippen molar-refractivity contribution >= 4 is 5.95 Å². The van der Waals surface area contributed by atoms with Crippen molar-refractivity contribution in [3.63, 3.8) is 0 Å². The molecule has 0 atom stereocenters. The van der Waals surface area contributed by atoms with Gasteiger partial charge in [0.25, 0.3) is 0 Å². The summed E-state index contributed by atoms with van der Waals surface area (Å²) in [6, 6.07) is 7.08. The van der Waals surface area contributed by atoms with Crippen molar-refractivity contribution < 1.29 is 17.9 Å². The Bertz CT molecular complexity index is 562. The second-order valence-electron chi connectivity index (χ2n) is 3.82. The number of nitrogens with zero attached hydrogens (tertiary/aromatic N) is 2. The van der Waals surface area contributed by atoms with E-state index in [1.165, 1.54) is 24.3 Å². The van der Waals surface area contributed by atoms with Gasteiger partial charge in [0.1, 0.15) is 5.75 Å². The van der Waals surface area contributed by atoms with Crippen LogP contribution in [0.4, 0.5) is 19.1 Å². The molecule has 0 saturated carbocycles. The molecule has 1 aromatic heterocycles. The Labute approximate surface area is 107 Å². The summed E-state index contributed by atoms with van der Waals surface area (Å²) in [4.78, 5) is 7.93. The van der Waals surface area contributed by atoms with Crippen LogP contribution in [0.25, 0.3) is 11.3 Å². The number of benzene rings is 1. The maximum Gasteiger partial charge on any atom is 0.573 e. The standard InChI is InChI=1S/C12H10F3N3O/c1-7-6-10(18-11(16)17-7)8-2-4-9(5-3-8)19-12(13,14)15/h2-6H,1H3,(H2,16,17,18). The minimum absolute atomic E-state index is 0.116. The summed E-state index contributed by atoms with van der Waals surface area (Å²) in [5.74, 6) is -0.166. The molecule has 0 saturated heterocycles. The normalized spacial score (nSPS) is 11.4. The Hall–Kier alpha value is -2.31. The summed E-state index contributed by atoms with van der Waals surface area (Å²) < 4.78 is 39.8. The van der Waals surface area contributed by atoms with Gasteiger partial charge >= 0.3 is 6.36 Å². The number of hydrogen-bond donors (Lipinski definition) is 1. The zero-order chi connectivity index (χ0) is 14.0. The van der Waals surface area contributed by atoms with Gasteiger partial charge < -0.3 is 10.5 Å². The van der Waals surface area contributed by atoms with Crippen molar-refractivity contribution in [3.8, 4) is 17.0 Å². The molecule has 1 aromatic carbocycles. The summed E-state index contributed by atoms with van der Waals surface area (Å²) >= 11 is 0. The van der Waals surface area contributed by atoms with E-state index in [1.54, 1.807) is 13.0 Å². The van der Waals surface area contributed by atoms with Crippen LogP contribution in [0.1, 0.15) is 5.69 Å². The number of alkyl halides is 3. The molecule has 2 aromatic rings. The minimum Gasteiger partial charge on any atom is -0.406 e. The van der Waals surface area contributed by atoms with E-state index < -0.39 is 6.36 Å². The van der Waals surface area contributed by atoms with Crippen LogP contribution in [0.2, 0.25) is 0 Å². The zero-order valence-electron chi connectivity index (χ0n) is 9.90. The average molecular weight is 269 g/mol. The SMILES string of the molecule is Cc1cc(-c2ccc(OC(F)(F)F)cc2)nc(N)n1. The van der Waals surface area contributed by atoms with Crippen molar-refractivity contribution in [2.24, 2.45) is 0 Å². The maximum absolute atomic E-state index is 12.0. The number of aromatic nitrogens is 2. The van der Waals surface area contributed by atoms with E-state index in [0.29, 0.717) is 17.0 Å². The lowest BCUT2D eigenvalue weighted by Crippen LogP contribution is -2.16. The van der Waals surface area contributed by atoms with Crippen LogP contribution in [0.3, 0.4) is 0 Å². The third-order valence-electron chi connectivity index (χ3n) is 2.26. The molecule has 100 valence electrons. The summed E-state index contributed by atoms with van der Waals surface area (Å²) in [5, 5.41) is 0. The van der Waals surface area contributed by atoms with Crippen LogP contribution in [0.15, 0.2) is 30.3 Å². The molecule has 0 bridgehead atoms. The number of aryl methyl sites for hydroxylation is 1. The number of nitrogens with two attached hydrogens (primary N) is 1. The Morgan fingerprint density at radius 1 is 1.11 bits per heavy atom. The van der Waals surface area contributed by atoms with E-state index in [2.05, 4.69) is 14.7 Å². The molecule has 0 aliphatic heterocycles. The summed E-state index contributed by atoms with van der Waals surface area (Å²) in [7, 11) is 0. The first-order chi connectivity index (χ1) is 8.83. The van der Waals surface area contributed by atoms with Crippen LogP contribution >= 0.6 is 0 Å². The molecule has 0 fully saturated rings. The smallest absolute Gasteiger partial charge is 0.406 e. The van der Waals surface area contributed by atoms with Crippen LogP contribution in [0, 0.1) is 6.92 Å². The van der Waals surface area contributed by atoms with Crippen molar-refractivity contribution in [2.75, 3.05) is 5.73 Å². The molecule has 0 spiro atoms. The van der Waals surface area contributed by atoms with Crippen molar-refractivity contribution in [1.82, 2.24) is 9.97 Å². The highest BCUT2D eigenvalue weighted by Gasteiger charge is 2.30. The topological polar surface area (TPSA) is 61.0 Å². The fourth-order valence-electron chi connectivity index (χ4n) is 1.57. The predicted molar refractivity (Wildman–Crippen MR) is 63.3 cm³/mol. The monoisotopic (exact) mass is 269 g/mol. The Morgan fingerprint density at radius 2 is 1.74 bits per heavy atom. The van der Waals surface area contributed by atoms with Gasteiger partial charge in [-0.2, -0.15) is 0 Å². The van der Waals surface area contributed by atoms with Crippen LogP contribution in [0.5, 0.6) is 5.75 Å². The Kier molecular flexibility index (Phi) is 3.28. The van der Waals surface area contributed by atoms with E-state index in [1.807, 2.05) is 0 Å². The molecule has 19 heavy (non-hydrogen) atoms. The molecule has 0 radical (unpaired) electrons. The highest BCUT2D eigenvalue weighted by Crippen LogP contribution is 2.26. The van der Waals surface area contributed by atoms with Gasteiger partial charge in [0.15, 0.2) is 0 Å². The highest BCUT2D eigenvalue weighted by molar-refractivity contribution is 5.61. The van der Waals surface area contributed by atoms with Crippen LogP contribution < -0.4 is 10.5 Å². The van der Waals surface area contributed by atoms with E-state index in [4.69, 9.17) is 5.73 Å². The predicted octanol–water partition coefficient (Wildman–Crippen LogP) is 2.93. The molecule has 0 aliphatic carbocycles. The van der Waals surface area contributed by atoms with Gasteiger partial charge in [-0.1, -0.05) is 0 Å². The molecule has 7 heteroatoms. The van der Waals surface area contributed by atoms with Crippen molar-refractivity contribution in [2.45, 2.75) is 13.3 Å². The Balaban J connectivity index is 2.27. The van der Waals surface area contributed by atoms with Gasteiger partial charge in [0.05, 0.1) is 5.69 Å². The van der Waals surface area contributed by atoms with Crippen molar-refractivity contribution in [3.05, 3.63) is 36.0 Å². The molecule has 0 amide bonds. The summed E-state index contributed by atoms with van der Waals surface area (Å²) in [6.07, 6.45) is -4.70. The molecule has 4 nitrogen and oxygen atoms in total. The number of hydrogen-bond acceptors (Lipinski definition) is 4. The van der Waals surface area contributed by atoms with Crippen LogP contribution in [-0.2, 0) is 0 Å². The summed E-state index contributed by atoms with van der Waals surface area (Å²) in [5.41, 5.74) is 7.37. The lowest BCUT2D eigenvalue weighted by atomic mass is 10.1. The molecule has 2 N–H and O–H groups in total. The first-order valence-corrected chi connectivity index (χ1v) is 5.31. The third kappa shape index (κ3) is 3.57. The van der Waals surface area contributed by atoms with Gasteiger partial charge in [0, 0.05) is 11.3 Å². The van der Waals surface area contributed by atoms with Gasteiger partial charge in [-0.3, -0.25) is 0 Å². The quantitative estimate of drug-likeness (QED) is 0.910. The summed E-state index contributed by atoms with van der Waals surface area (Å²) in [6.45, 7) is 1.75. The molecule has 0 aliphatic rings. The van der Waals surface area contributed by atoms with Crippen molar-refractivity contribution in [1.29, 1.82) is 0 Å². The first kappa shape index (κ1) is 13.1. The third-order valence-corrected chi connectivity index (χ3v) is 2.26. The van der Waals surface area contributed by atoms with Gasteiger partial charge in [0.2, 0.25) is 5.95 Å². The molecular formula is C12H10F3N3O. The lowest BCUT2D eigenvalue weighted by Gasteiger charge is -2.09. The van der Waals surface area contributed by atoms with Crippen LogP contribution in [-0.4, -0.2) is 16.3 Å². The molecule has 1 heterocycles. The highest BCUT2D eigenvalue weighted by atomic mass is 19.4. The number of rotatable bonds is 2. The number of nitrogen functional groups attached to an aromatic ring is 1. The zero-order valence-corrected chi connectivity index (χ0v) is 9.90. The lowest BCUT2D eigenvalue weighted by molar-refractivity contribution is -0.274. The maximum atomic E-state index is 12.0. The number of anilines is 1. The number of ether oxygens (including phenoxy) is 1. The van der Waals surface area contributed by atoms with E-state index >= 15 is 0 Å². The number of halogens is 3. The average Bonchev–Trinajstić information content (AvgIpc) is 2.26. The largest absolute Gasteiger partial charge is 0.573 e. The second kappa shape index (κ2) is 4.75. The first-order valence-electron chi connectivity index (χ1n) is 5.31. The Morgan fingerprint density at radius 3 is 2.26 bits per heavy atom.